The van der Waals surface area contributed by atoms with Crippen molar-refractivity contribution in [2.24, 2.45) is 0 Å². The van der Waals surface area contributed by atoms with Gasteiger partial charge in [0, 0.05) is 19.0 Å². The van der Waals surface area contributed by atoms with Crippen LogP contribution in [0.1, 0.15) is 43.9 Å². The third kappa shape index (κ3) is 4.92. The van der Waals surface area contributed by atoms with Crippen molar-refractivity contribution in [3.05, 3.63) is 41.6 Å². The Hall–Kier alpha value is -2.19. The standard InChI is InChI=1S/C18H26N4O3S/c1-5-15(4)22-17(8-10-19-22)21-18(23)9-11-20-26(24,25)16-12-13(2)6-7-14(16)3/h6-8,10,12,15,20H,5,9,11H2,1-4H3,(H,21,23). The van der Waals surface area contributed by atoms with Crippen LogP contribution in [-0.2, 0) is 14.8 Å². The molecule has 2 aromatic rings. The molecule has 0 aliphatic rings. The first-order valence-corrected chi connectivity index (χ1v) is 10.1. The molecule has 1 aromatic heterocycles. The highest BCUT2D eigenvalue weighted by Gasteiger charge is 2.17. The zero-order valence-electron chi connectivity index (χ0n) is 15.6. The van der Waals surface area contributed by atoms with Crippen LogP contribution in [0.25, 0.3) is 0 Å². The number of hydrogen-bond acceptors (Lipinski definition) is 4. The van der Waals surface area contributed by atoms with E-state index in [0.717, 1.165) is 12.0 Å². The van der Waals surface area contributed by atoms with Gasteiger partial charge in [0.2, 0.25) is 15.9 Å². The number of sulfonamides is 1. The van der Waals surface area contributed by atoms with Gasteiger partial charge in [0.1, 0.15) is 5.82 Å². The number of hydrogen-bond donors (Lipinski definition) is 2. The molecule has 1 unspecified atom stereocenters. The van der Waals surface area contributed by atoms with E-state index in [0.29, 0.717) is 11.4 Å². The quantitative estimate of drug-likeness (QED) is 0.739. The lowest BCUT2D eigenvalue weighted by atomic mass is 10.2. The summed E-state index contributed by atoms with van der Waals surface area (Å²) in [5.74, 6) is 0.348. The highest BCUT2D eigenvalue weighted by atomic mass is 32.2. The number of carbonyl (C=O) groups excluding carboxylic acids is 1. The van der Waals surface area contributed by atoms with E-state index >= 15 is 0 Å². The Morgan fingerprint density at radius 2 is 2.00 bits per heavy atom. The maximum Gasteiger partial charge on any atom is 0.240 e. The van der Waals surface area contributed by atoms with Gasteiger partial charge in [0.25, 0.3) is 0 Å². The zero-order chi connectivity index (χ0) is 19.3. The molecule has 0 radical (unpaired) electrons. The van der Waals surface area contributed by atoms with Crippen LogP contribution >= 0.6 is 0 Å². The number of amides is 1. The van der Waals surface area contributed by atoms with Crippen molar-refractivity contribution in [3.8, 4) is 0 Å². The largest absolute Gasteiger partial charge is 0.311 e. The van der Waals surface area contributed by atoms with Gasteiger partial charge in [-0.3, -0.25) is 4.79 Å². The minimum atomic E-state index is -3.64. The average Bonchev–Trinajstić information content (AvgIpc) is 3.04. The van der Waals surface area contributed by atoms with Crippen molar-refractivity contribution in [3.63, 3.8) is 0 Å². The summed E-state index contributed by atoms with van der Waals surface area (Å²) in [6, 6.07) is 7.16. The topological polar surface area (TPSA) is 93.1 Å². The Labute approximate surface area is 154 Å². The van der Waals surface area contributed by atoms with Gasteiger partial charge < -0.3 is 5.32 Å². The van der Waals surface area contributed by atoms with Crippen molar-refractivity contribution < 1.29 is 13.2 Å². The van der Waals surface area contributed by atoms with Crippen LogP contribution in [0.5, 0.6) is 0 Å². The van der Waals surface area contributed by atoms with Gasteiger partial charge in [-0.15, -0.1) is 0 Å². The number of carbonyl (C=O) groups is 1. The normalized spacial score (nSPS) is 12.8. The summed E-state index contributed by atoms with van der Waals surface area (Å²) in [6.45, 7) is 7.67. The van der Waals surface area contributed by atoms with Crippen LogP contribution in [0.4, 0.5) is 5.82 Å². The Morgan fingerprint density at radius 3 is 2.69 bits per heavy atom. The molecule has 2 rings (SSSR count). The smallest absolute Gasteiger partial charge is 0.240 e. The van der Waals surface area contributed by atoms with Crippen molar-refractivity contribution in [2.45, 2.75) is 51.5 Å². The zero-order valence-corrected chi connectivity index (χ0v) is 16.4. The summed E-state index contributed by atoms with van der Waals surface area (Å²) >= 11 is 0. The van der Waals surface area contributed by atoms with Crippen molar-refractivity contribution >= 4 is 21.7 Å². The first kappa shape index (κ1) is 20.1. The molecule has 142 valence electrons. The van der Waals surface area contributed by atoms with E-state index in [4.69, 9.17) is 0 Å². The fraction of sp³-hybridized carbons (Fsp3) is 0.444. The Bertz CT molecular complexity index is 874. The van der Waals surface area contributed by atoms with Crippen LogP contribution in [0, 0.1) is 13.8 Å². The predicted molar refractivity (Wildman–Crippen MR) is 102 cm³/mol. The monoisotopic (exact) mass is 378 g/mol. The molecule has 26 heavy (non-hydrogen) atoms. The number of rotatable bonds is 8. The first-order valence-electron chi connectivity index (χ1n) is 8.65. The minimum Gasteiger partial charge on any atom is -0.311 e. The lowest BCUT2D eigenvalue weighted by molar-refractivity contribution is -0.116. The number of benzene rings is 1. The average molecular weight is 378 g/mol. The van der Waals surface area contributed by atoms with Gasteiger partial charge in [-0.05, 0) is 44.4 Å². The van der Waals surface area contributed by atoms with Crippen molar-refractivity contribution in [1.29, 1.82) is 0 Å². The molecule has 2 N–H and O–H groups in total. The van der Waals surface area contributed by atoms with E-state index in [1.807, 2.05) is 26.8 Å². The summed E-state index contributed by atoms with van der Waals surface area (Å²) in [5.41, 5.74) is 1.54. The van der Waals surface area contributed by atoms with E-state index in [9.17, 15) is 13.2 Å². The van der Waals surface area contributed by atoms with E-state index in [1.165, 1.54) is 0 Å². The maximum absolute atomic E-state index is 12.4. The molecule has 0 aliphatic carbocycles. The number of aryl methyl sites for hydroxylation is 2. The fourth-order valence-electron chi connectivity index (χ4n) is 2.52. The fourth-order valence-corrected chi connectivity index (χ4v) is 3.88. The SMILES string of the molecule is CCC(C)n1nccc1NC(=O)CCNS(=O)(=O)c1cc(C)ccc1C. The third-order valence-corrected chi connectivity index (χ3v) is 5.83. The van der Waals surface area contributed by atoms with Crippen LogP contribution < -0.4 is 10.0 Å². The number of nitrogens with one attached hydrogen (secondary N) is 2. The van der Waals surface area contributed by atoms with Gasteiger partial charge >= 0.3 is 0 Å². The highest BCUT2D eigenvalue weighted by molar-refractivity contribution is 7.89. The summed E-state index contributed by atoms with van der Waals surface area (Å²) in [4.78, 5) is 12.4. The summed E-state index contributed by atoms with van der Waals surface area (Å²) < 4.78 is 29.1. The highest BCUT2D eigenvalue weighted by Crippen LogP contribution is 2.17. The molecule has 1 heterocycles. The molecular weight excluding hydrogens is 352 g/mol. The Kier molecular flexibility index (Phi) is 6.55. The molecule has 1 amide bonds. The lowest BCUT2D eigenvalue weighted by Crippen LogP contribution is -2.28. The van der Waals surface area contributed by atoms with Gasteiger partial charge in [-0.25, -0.2) is 17.8 Å². The predicted octanol–water partition coefficient (Wildman–Crippen LogP) is 2.78. The second kappa shape index (κ2) is 8.46. The van der Waals surface area contributed by atoms with Gasteiger partial charge in [0.15, 0.2) is 0 Å². The summed E-state index contributed by atoms with van der Waals surface area (Å²) in [5, 5.41) is 6.99. The Morgan fingerprint density at radius 1 is 1.27 bits per heavy atom. The minimum absolute atomic E-state index is 0.0268. The van der Waals surface area contributed by atoms with Crippen LogP contribution in [-0.4, -0.2) is 30.7 Å². The molecule has 1 aromatic carbocycles. The molecule has 0 saturated heterocycles. The van der Waals surface area contributed by atoms with Crippen LogP contribution in [0.2, 0.25) is 0 Å². The van der Waals surface area contributed by atoms with Gasteiger partial charge in [-0.1, -0.05) is 19.1 Å². The van der Waals surface area contributed by atoms with E-state index in [1.54, 1.807) is 36.0 Å². The lowest BCUT2D eigenvalue weighted by Gasteiger charge is -2.14. The molecule has 0 saturated carbocycles. The van der Waals surface area contributed by atoms with Gasteiger partial charge in [0.05, 0.1) is 17.1 Å². The van der Waals surface area contributed by atoms with E-state index in [2.05, 4.69) is 15.1 Å². The second-order valence-corrected chi connectivity index (χ2v) is 8.12. The Balaban J connectivity index is 1.94. The van der Waals surface area contributed by atoms with Crippen molar-refractivity contribution in [2.75, 3.05) is 11.9 Å². The van der Waals surface area contributed by atoms with E-state index < -0.39 is 10.0 Å². The molecule has 0 spiro atoms. The summed E-state index contributed by atoms with van der Waals surface area (Å²) in [7, 11) is -3.64. The molecule has 0 aliphatic heterocycles. The molecule has 0 bridgehead atoms. The summed E-state index contributed by atoms with van der Waals surface area (Å²) in [6.07, 6.45) is 2.56. The molecule has 7 nitrogen and oxygen atoms in total. The number of aromatic nitrogens is 2. The molecule has 1 atom stereocenters. The first-order chi connectivity index (χ1) is 12.2. The molecule has 0 fully saturated rings. The van der Waals surface area contributed by atoms with Crippen LogP contribution in [0.15, 0.2) is 35.4 Å². The third-order valence-electron chi connectivity index (χ3n) is 4.22. The number of anilines is 1. The van der Waals surface area contributed by atoms with Gasteiger partial charge in [-0.2, -0.15) is 5.10 Å². The van der Waals surface area contributed by atoms with Crippen LogP contribution in [0.3, 0.4) is 0 Å². The molecule has 8 heteroatoms. The maximum atomic E-state index is 12.4. The number of nitrogens with zero attached hydrogens (tertiary/aromatic N) is 2. The van der Waals surface area contributed by atoms with E-state index in [-0.39, 0.29) is 29.8 Å². The second-order valence-electron chi connectivity index (χ2n) is 6.38. The van der Waals surface area contributed by atoms with Crippen molar-refractivity contribution in [1.82, 2.24) is 14.5 Å². The molecular formula is C18H26N4O3S.